The van der Waals surface area contributed by atoms with Gasteiger partial charge in [0.05, 0.1) is 0 Å². The largest absolute Gasteiger partial charge is 0.482 e. The quantitative estimate of drug-likeness (QED) is 0.622. The summed E-state index contributed by atoms with van der Waals surface area (Å²) in [7, 11) is 0. The van der Waals surface area contributed by atoms with Gasteiger partial charge in [-0.2, -0.15) is 0 Å². The standard InChI is InChI=1S/C13H12O.CH4/c1-13(2)10-7-3-5-9-6-4-8-11(14-13)12(9)10;/h3-8H,1-2H3;1H4. The third-order valence-electron chi connectivity index (χ3n) is 2.88. The molecule has 0 fully saturated rings. The number of benzene rings is 2. The Morgan fingerprint density at radius 1 is 1.00 bits per heavy atom. The van der Waals surface area contributed by atoms with Crippen LogP contribution in [-0.4, -0.2) is 0 Å². The SMILES string of the molecule is C.CC1(C)Oc2cccc3cccc1c23. The van der Waals surface area contributed by atoms with E-state index in [2.05, 4.69) is 38.1 Å². The van der Waals surface area contributed by atoms with Gasteiger partial charge in [0.2, 0.25) is 0 Å². The molecule has 0 spiro atoms. The van der Waals surface area contributed by atoms with E-state index in [0.717, 1.165) is 5.75 Å². The average molecular weight is 200 g/mol. The number of hydrogen-bond donors (Lipinski definition) is 0. The maximum Gasteiger partial charge on any atom is 0.129 e. The van der Waals surface area contributed by atoms with Gasteiger partial charge in [0.1, 0.15) is 11.4 Å². The molecule has 0 amide bonds. The molecular formula is C14H16O. The summed E-state index contributed by atoms with van der Waals surface area (Å²) in [5.41, 5.74) is 1.12. The van der Waals surface area contributed by atoms with E-state index in [4.69, 9.17) is 4.74 Å². The molecule has 2 aromatic carbocycles. The molecule has 2 aromatic rings. The normalized spacial score (nSPS) is 15.9. The molecule has 0 aliphatic carbocycles. The van der Waals surface area contributed by atoms with Crippen molar-refractivity contribution >= 4 is 10.8 Å². The molecule has 78 valence electrons. The van der Waals surface area contributed by atoms with Gasteiger partial charge in [0, 0.05) is 10.9 Å². The molecule has 1 aliphatic heterocycles. The first kappa shape index (κ1) is 10.0. The molecule has 0 saturated carbocycles. The molecule has 3 rings (SSSR count). The van der Waals surface area contributed by atoms with Crippen molar-refractivity contribution in [3.8, 4) is 5.75 Å². The van der Waals surface area contributed by atoms with Crippen molar-refractivity contribution in [2.75, 3.05) is 0 Å². The molecular weight excluding hydrogens is 184 g/mol. The van der Waals surface area contributed by atoms with Crippen LogP contribution in [0.1, 0.15) is 26.8 Å². The van der Waals surface area contributed by atoms with Crippen LogP contribution >= 0.6 is 0 Å². The van der Waals surface area contributed by atoms with Crippen LogP contribution < -0.4 is 4.74 Å². The van der Waals surface area contributed by atoms with Crippen LogP contribution in [-0.2, 0) is 5.60 Å². The van der Waals surface area contributed by atoms with E-state index in [0.29, 0.717) is 0 Å². The lowest BCUT2D eigenvalue weighted by atomic mass is 9.95. The summed E-state index contributed by atoms with van der Waals surface area (Å²) in [6, 6.07) is 12.6. The van der Waals surface area contributed by atoms with Gasteiger partial charge in [0.25, 0.3) is 0 Å². The smallest absolute Gasteiger partial charge is 0.129 e. The second kappa shape index (κ2) is 2.99. The van der Waals surface area contributed by atoms with E-state index in [1.807, 2.05) is 12.1 Å². The first-order valence-electron chi connectivity index (χ1n) is 4.90. The minimum atomic E-state index is -0.177. The van der Waals surface area contributed by atoms with Gasteiger partial charge < -0.3 is 4.74 Å². The van der Waals surface area contributed by atoms with Crippen LogP contribution in [0.4, 0.5) is 0 Å². The zero-order valence-corrected chi connectivity index (χ0v) is 8.37. The highest BCUT2D eigenvalue weighted by Gasteiger charge is 2.32. The Morgan fingerprint density at radius 3 is 2.40 bits per heavy atom. The van der Waals surface area contributed by atoms with Gasteiger partial charge in [-0.15, -0.1) is 0 Å². The zero-order chi connectivity index (χ0) is 9.76. The van der Waals surface area contributed by atoms with Crippen LogP contribution in [0.5, 0.6) is 5.75 Å². The molecule has 0 atom stereocenters. The Morgan fingerprint density at radius 2 is 1.67 bits per heavy atom. The van der Waals surface area contributed by atoms with E-state index in [9.17, 15) is 0 Å². The fourth-order valence-electron chi connectivity index (χ4n) is 2.22. The van der Waals surface area contributed by atoms with E-state index < -0.39 is 0 Å². The van der Waals surface area contributed by atoms with Crippen LogP contribution in [0.3, 0.4) is 0 Å². The predicted molar refractivity (Wildman–Crippen MR) is 64.3 cm³/mol. The van der Waals surface area contributed by atoms with E-state index in [1.165, 1.54) is 16.3 Å². The summed E-state index contributed by atoms with van der Waals surface area (Å²) in [5, 5.41) is 2.55. The second-order valence-electron chi connectivity index (χ2n) is 4.27. The van der Waals surface area contributed by atoms with Crippen LogP contribution in [0.2, 0.25) is 0 Å². The lowest BCUT2D eigenvalue weighted by Gasteiger charge is -2.19. The Kier molecular flexibility index (Phi) is 2.00. The molecule has 0 unspecified atom stereocenters. The summed E-state index contributed by atoms with van der Waals surface area (Å²) >= 11 is 0. The monoisotopic (exact) mass is 200 g/mol. The van der Waals surface area contributed by atoms with Crippen LogP contribution in [0.25, 0.3) is 10.8 Å². The van der Waals surface area contributed by atoms with Gasteiger partial charge in [-0.3, -0.25) is 0 Å². The first-order chi connectivity index (χ1) is 6.68. The molecule has 0 N–H and O–H groups in total. The van der Waals surface area contributed by atoms with Crippen molar-refractivity contribution in [1.82, 2.24) is 0 Å². The lowest BCUT2D eigenvalue weighted by molar-refractivity contribution is 0.125. The predicted octanol–water partition coefficient (Wildman–Crippen LogP) is 4.10. The molecule has 0 saturated heterocycles. The van der Waals surface area contributed by atoms with Gasteiger partial charge in [-0.05, 0) is 25.3 Å². The Balaban J connectivity index is 0.000000853. The highest BCUT2D eigenvalue weighted by Crippen LogP contribution is 2.43. The highest BCUT2D eigenvalue weighted by atomic mass is 16.5. The first-order valence-corrected chi connectivity index (χ1v) is 4.90. The number of hydrogen-bond acceptors (Lipinski definition) is 1. The molecule has 0 radical (unpaired) electrons. The lowest BCUT2D eigenvalue weighted by Crippen LogP contribution is -2.20. The second-order valence-corrected chi connectivity index (χ2v) is 4.27. The molecule has 1 heteroatoms. The number of ether oxygens (including phenoxy) is 1. The Labute approximate surface area is 90.7 Å². The van der Waals surface area contributed by atoms with Gasteiger partial charge >= 0.3 is 0 Å². The summed E-state index contributed by atoms with van der Waals surface area (Å²) in [4.78, 5) is 0. The minimum absolute atomic E-state index is 0. The third-order valence-corrected chi connectivity index (χ3v) is 2.88. The van der Waals surface area contributed by atoms with E-state index in [-0.39, 0.29) is 13.0 Å². The summed E-state index contributed by atoms with van der Waals surface area (Å²) in [6.07, 6.45) is 0. The molecule has 1 nitrogen and oxygen atoms in total. The van der Waals surface area contributed by atoms with Gasteiger partial charge in [0.15, 0.2) is 0 Å². The van der Waals surface area contributed by atoms with Crippen LogP contribution in [0.15, 0.2) is 36.4 Å². The minimum Gasteiger partial charge on any atom is -0.482 e. The van der Waals surface area contributed by atoms with Gasteiger partial charge in [-0.1, -0.05) is 37.8 Å². The number of rotatable bonds is 0. The van der Waals surface area contributed by atoms with Crippen molar-refractivity contribution in [3.63, 3.8) is 0 Å². The molecule has 0 aromatic heterocycles. The average Bonchev–Trinajstić information content (AvgIpc) is 2.41. The third kappa shape index (κ3) is 1.23. The summed E-state index contributed by atoms with van der Waals surface area (Å²) in [5.74, 6) is 1.02. The molecule has 1 aliphatic rings. The molecule has 15 heavy (non-hydrogen) atoms. The highest BCUT2D eigenvalue weighted by molar-refractivity contribution is 5.93. The summed E-state index contributed by atoms with van der Waals surface area (Å²) in [6.45, 7) is 4.23. The molecule has 1 heterocycles. The fourth-order valence-corrected chi connectivity index (χ4v) is 2.22. The zero-order valence-electron chi connectivity index (χ0n) is 8.37. The van der Waals surface area contributed by atoms with Crippen LogP contribution in [0, 0.1) is 0 Å². The van der Waals surface area contributed by atoms with Gasteiger partial charge in [-0.25, -0.2) is 0 Å². The Bertz CT molecular complexity index is 506. The van der Waals surface area contributed by atoms with E-state index >= 15 is 0 Å². The topological polar surface area (TPSA) is 9.23 Å². The van der Waals surface area contributed by atoms with Crippen molar-refractivity contribution in [2.45, 2.75) is 26.9 Å². The summed E-state index contributed by atoms with van der Waals surface area (Å²) < 4.78 is 5.91. The van der Waals surface area contributed by atoms with E-state index in [1.54, 1.807) is 0 Å². The fraction of sp³-hybridized carbons (Fsp3) is 0.286. The van der Waals surface area contributed by atoms with Crippen molar-refractivity contribution in [2.24, 2.45) is 0 Å². The maximum absolute atomic E-state index is 5.91. The molecule has 0 bridgehead atoms. The van der Waals surface area contributed by atoms with Crippen molar-refractivity contribution in [1.29, 1.82) is 0 Å². The van der Waals surface area contributed by atoms with Crippen molar-refractivity contribution in [3.05, 3.63) is 42.0 Å². The van der Waals surface area contributed by atoms with Crippen molar-refractivity contribution < 1.29 is 4.74 Å². The maximum atomic E-state index is 5.91. The Hall–Kier alpha value is -1.50.